The van der Waals surface area contributed by atoms with Crippen LogP contribution in [0, 0.1) is 0 Å². The number of nitrogens with zero attached hydrogens (tertiary/aromatic N) is 3. The fourth-order valence-electron chi connectivity index (χ4n) is 4.77. The van der Waals surface area contributed by atoms with E-state index >= 15 is 0 Å². The third-order valence-electron chi connectivity index (χ3n) is 6.51. The zero-order valence-electron chi connectivity index (χ0n) is 19.5. The van der Waals surface area contributed by atoms with E-state index in [2.05, 4.69) is 10.3 Å². The molecular formula is C25H25F3N4O4. The molecule has 3 unspecified atom stereocenters. The molecule has 0 radical (unpaired) electrons. The van der Waals surface area contributed by atoms with Crippen LogP contribution in [-0.4, -0.2) is 69.5 Å². The Balaban J connectivity index is 1.47. The van der Waals surface area contributed by atoms with Gasteiger partial charge in [0.25, 0.3) is 11.8 Å². The summed E-state index contributed by atoms with van der Waals surface area (Å²) in [6, 6.07) is 6.38. The fraction of sp³-hybridized carbons (Fsp3) is 0.400. The summed E-state index contributed by atoms with van der Waals surface area (Å²) >= 11 is 0. The Hall–Kier alpha value is -3.76. The minimum absolute atomic E-state index is 0.0136. The van der Waals surface area contributed by atoms with E-state index in [-0.39, 0.29) is 42.5 Å². The summed E-state index contributed by atoms with van der Waals surface area (Å²) in [6.07, 6.45) is -1.80. The van der Waals surface area contributed by atoms with Gasteiger partial charge in [-0.05, 0) is 49.2 Å². The molecule has 2 saturated heterocycles. The highest BCUT2D eigenvalue weighted by molar-refractivity contribution is 6.03. The molecule has 36 heavy (non-hydrogen) atoms. The maximum atomic E-state index is 13.4. The Morgan fingerprint density at radius 2 is 1.83 bits per heavy atom. The van der Waals surface area contributed by atoms with Gasteiger partial charge < -0.3 is 15.1 Å². The van der Waals surface area contributed by atoms with Crippen molar-refractivity contribution >= 4 is 23.5 Å². The molecule has 8 nitrogen and oxygen atoms in total. The number of rotatable bonds is 6. The fourth-order valence-corrected chi connectivity index (χ4v) is 4.77. The summed E-state index contributed by atoms with van der Waals surface area (Å²) in [5, 5.41) is 2.61. The first kappa shape index (κ1) is 25.3. The van der Waals surface area contributed by atoms with Gasteiger partial charge in [-0.3, -0.25) is 24.2 Å². The molecule has 0 aliphatic carbocycles. The summed E-state index contributed by atoms with van der Waals surface area (Å²) in [6.45, 7) is 1.93. The lowest BCUT2D eigenvalue weighted by Gasteiger charge is -2.28. The van der Waals surface area contributed by atoms with Crippen LogP contribution in [-0.2, 0) is 15.8 Å². The van der Waals surface area contributed by atoms with Crippen molar-refractivity contribution in [3.63, 3.8) is 0 Å². The molecule has 190 valence electrons. The average Bonchev–Trinajstić information content (AvgIpc) is 3.44. The van der Waals surface area contributed by atoms with E-state index in [4.69, 9.17) is 0 Å². The number of hydrogen-bond acceptors (Lipinski definition) is 5. The number of Topliss-reactive ketones (excluding diaryl/α,β-unsaturated/α-hetero) is 1. The molecule has 2 aliphatic heterocycles. The number of carbonyl (C=O) groups is 4. The van der Waals surface area contributed by atoms with E-state index in [0.29, 0.717) is 12.8 Å². The topological polar surface area (TPSA) is 99.7 Å². The van der Waals surface area contributed by atoms with Gasteiger partial charge in [0, 0.05) is 18.3 Å². The number of likely N-dealkylation sites (tertiary alicyclic amines) is 2. The van der Waals surface area contributed by atoms with Gasteiger partial charge in [0.1, 0.15) is 17.8 Å². The third kappa shape index (κ3) is 4.95. The second kappa shape index (κ2) is 10.1. The van der Waals surface area contributed by atoms with Crippen LogP contribution in [0.25, 0.3) is 0 Å². The molecule has 2 aromatic rings. The normalized spacial score (nSPS) is 20.3. The molecule has 3 atom stereocenters. The summed E-state index contributed by atoms with van der Waals surface area (Å²) in [4.78, 5) is 58.8. The number of halogens is 3. The van der Waals surface area contributed by atoms with Crippen molar-refractivity contribution in [2.75, 3.05) is 13.1 Å². The molecule has 3 heterocycles. The Kier molecular flexibility index (Phi) is 7.09. The van der Waals surface area contributed by atoms with E-state index in [1.54, 1.807) is 18.2 Å². The van der Waals surface area contributed by atoms with Crippen molar-refractivity contribution in [3.05, 3.63) is 65.5 Å². The smallest absolute Gasteiger partial charge is 0.340 e. The van der Waals surface area contributed by atoms with Gasteiger partial charge in [-0.15, -0.1) is 0 Å². The van der Waals surface area contributed by atoms with E-state index in [1.807, 2.05) is 6.92 Å². The van der Waals surface area contributed by atoms with Crippen LogP contribution >= 0.6 is 0 Å². The number of carbonyl (C=O) groups excluding carboxylic acids is 4. The molecule has 1 N–H and O–H groups in total. The highest BCUT2D eigenvalue weighted by Crippen LogP contribution is 2.32. The van der Waals surface area contributed by atoms with E-state index in [9.17, 15) is 32.3 Å². The largest absolute Gasteiger partial charge is 0.416 e. The number of amides is 3. The second-order valence-corrected chi connectivity index (χ2v) is 8.84. The highest BCUT2D eigenvalue weighted by Gasteiger charge is 2.52. The summed E-state index contributed by atoms with van der Waals surface area (Å²) in [7, 11) is 0. The van der Waals surface area contributed by atoms with Crippen molar-refractivity contribution in [3.8, 4) is 0 Å². The first-order valence-electron chi connectivity index (χ1n) is 11.6. The maximum absolute atomic E-state index is 13.4. The van der Waals surface area contributed by atoms with E-state index in [0.717, 1.165) is 24.3 Å². The molecule has 3 amide bonds. The lowest BCUT2D eigenvalue weighted by atomic mass is 10.1. The summed E-state index contributed by atoms with van der Waals surface area (Å²) in [5.74, 6) is -1.79. The van der Waals surface area contributed by atoms with Gasteiger partial charge >= 0.3 is 6.18 Å². The van der Waals surface area contributed by atoms with Crippen LogP contribution in [0.15, 0.2) is 48.7 Å². The zero-order valence-corrected chi connectivity index (χ0v) is 19.5. The molecule has 11 heteroatoms. The van der Waals surface area contributed by atoms with Crippen LogP contribution < -0.4 is 5.32 Å². The average molecular weight is 502 g/mol. The second-order valence-electron chi connectivity index (χ2n) is 8.84. The predicted octanol–water partition coefficient (Wildman–Crippen LogP) is 2.69. The van der Waals surface area contributed by atoms with Crippen molar-refractivity contribution < 1.29 is 32.3 Å². The molecule has 4 rings (SSSR count). The van der Waals surface area contributed by atoms with Crippen molar-refractivity contribution in [1.29, 1.82) is 0 Å². The predicted molar refractivity (Wildman–Crippen MR) is 122 cm³/mol. The van der Waals surface area contributed by atoms with Gasteiger partial charge in [0.2, 0.25) is 5.91 Å². The van der Waals surface area contributed by atoms with Gasteiger partial charge in [0.15, 0.2) is 5.78 Å². The minimum Gasteiger partial charge on any atom is -0.340 e. The Labute approximate surface area is 205 Å². The molecule has 2 aliphatic rings. The Bertz CT molecular complexity index is 1150. The summed E-state index contributed by atoms with van der Waals surface area (Å²) in [5.41, 5.74) is -0.684. The number of alkyl halides is 3. The van der Waals surface area contributed by atoms with Gasteiger partial charge in [-0.25, -0.2) is 0 Å². The first-order chi connectivity index (χ1) is 17.1. The number of aromatic nitrogens is 1. The number of hydrogen-bond donors (Lipinski definition) is 1. The molecule has 1 aromatic carbocycles. The quantitative estimate of drug-likeness (QED) is 0.655. The van der Waals surface area contributed by atoms with Crippen LogP contribution in [0.4, 0.5) is 13.2 Å². The van der Waals surface area contributed by atoms with E-state index in [1.165, 1.54) is 16.0 Å². The maximum Gasteiger partial charge on any atom is 0.416 e. The molecule has 0 saturated carbocycles. The van der Waals surface area contributed by atoms with Crippen molar-refractivity contribution in [1.82, 2.24) is 20.1 Å². The number of pyridine rings is 1. The van der Waals surface area contributed by atoms with Gasteiger partial charge in [0.05, 0.1) is 18.2 Å². The lowest BCUT2D eigenvalue weighted by molar-refractivity contribution is -0.138. The van der Waals surface area contributed by atoms with Crippen LogP contribution in [0.1, 0.15) is 52.6 Å². The molecule has 1 aromatic heterocycles. The highest BCUT2D eigenvalue weighted by atomic mass is 19.4. The number of benzene rings is 1. The Morgan fingerprint density at radius 1 is 1.11 bits per heavy atom. The van der Waals surface area contributed by atoms with Crippen LogP contribution in [0.5, 0.6) is 0 Å². The number of ketones is 1. The summed E-state index contributed by atoms with van der Waals surface area (Å²) < 4.78 is 38.4. The molecule has 0 bridgehead atoms. The molecule has 2 fully saturated rings. The molecule has 0 spiro atoms. The zero-order chi connectivity index (χ0) is 26.0. The number of fused-ring (bicyclic) bond motifs is 1. The third-order valence-corrected chi connectivity index (χ3v) is 6.51. The van der Waals surface area contributed by atoms with Gasteiger partial charge in [-0.2, -0.15) is 13.2 Å². The monoisotopic (exact) mass is 502 g/mol. The van der Waals surface area contributed by atoms with E-state index < -0.39 is 41.7 Å². The Morgan fingerprint density at radius 3 is 2.44 bits per heavy atom. The van der Waals surface area contributed by atoms with Crippen LogP contribution in [0.2, 0.25) is 0 Å². The number of nitrogens with one attached hydrogen (secondary N) is 1. The lowest BCUT2D eigenvalue weighted by Crippen LogP contribution is -2.52. The standard InChI is InChI=1S/C25H25F3N4O4/c1-2-5-18(30-22(34)15-7-9-16(10-8-15)25(26,27)28)24(36)31-13-11-19-21(31)20(33)14-32(19)23(35)17-6-3-4-12-29-17/h3-4,6-10,12,18-19,21H,2,5,11,13-14H2,1H3,(H,30,34). The molecular weight excluding hydrogens is 477 g/mol. The first-order valence-corrected chi connectivity index (χ1v) is 11.6. The van der Waals surface area contributed by atoms with Crippen LogP contribution in [0.3, 0.4) is 0 Å². The minimum atomic E-state index is -4.53. The SMILES string of the molecule is CCCC(NC(=O)c1ccc(C(F)(F)F)cc1)C(=O)N1CCC2C1C(=O)CN2C(=O)c1ccccn1. The van der Waals surface area contributed by atoms with Crippen molar-refractivity contribution in [2.24, 2.45) is 0 Å². The van der Waals surface area contributed by atoms with Gasteiger partial charge in [-0.1, -0.05) is 19.4 Å². The van der Waals surface area contributed by atoms with Crippen molar-refractivity contribution in [2.45, 2.75) is 50.5 Å².